The monoisotopic (exact) mass is 480 g/mol. The van der Waals surface area contributed by atoms with Crippen molar-refractivity contribution in [1.82, 2.24) is 10.1 Å². The van der Waals surface area contributed by atoms with Gasteiger partial charge in [-0.05, 0) is 55.2 Å². The zero-order chi connectivity index (χ0) is 23.7. The van der Waals surface area contributed by atoms with Crippen molar-refractivity contribution >= 4 is 34.9 Å². The molecule has 34 heavy (non-hydrogen) atoms. The second-order valence-corrected chi connectivity index (χ2v) is 9.09. The van der Waals surface area contributed by atoms with E-state index < -0.39 is 6.04 Å². The average molecular weight is 481 g/mol. The van der Waals surface area contributed by atoms with E-state index in [2.05, 4.69) is 15.8 Å². The molecule has 0 unspecified atom stereocenters. The van der Waals surface area contributed by atoms with Crippen LogP contribution in [-0.2, 0) is 9.53 Å². The van der Waals surface area contributed by atoms with Gasteiger partial charge in [-0.25, -0.2) is 4.79 Å². The molecule has 8 nitrogen and oxygen atoms in total. The fourth-order valence-electron chi connectivity index (χ4n) is 4.25. The number of hydrogen-bond acceptors (Lipinski definition) is 5. The SMILES string of the molecule is CO[C@@H]1C[C@H](C(=O)Nc2ccc(-c3nocc3C3CC3)cc2)N(C(=O)Nc2ccc(Cl)cc2)C1. The van der Waals surface area contributed by atoms with Crippen LogP contribution < -0.4 is 10.6 Å². The van der Waals surface area contributed by atoms with Gasteiger partial charge >= 0.3 is 6.03 Å². The van der Waals surface area contributed by atoms with Crippen LogP contribution in [0.15, 0.2) is 59.3 Å². The number of urea groups is 1. The van der Waals surface area contributed by atoms with E-state index in [1.165, 1.54) is 4.90 Å². The molecule has 0 bridgehead atoms. The van der Waals surface area contributed by atoms with Gasteiger partial charge in [0.15, 0.2) is 0 Å². The lowest BCUT2D eigenvalue weighted by atomic mass is 10.0. The molecular formula is C25H25ClN4O4. The molecule has 3 amide bonds. The third-order valence-corrected chi connectivity index (χ3v) is 6.55. The first-order valence-corrected chi connectivity index (χ1v) is 11.6. The number of hydrogen-bond donors (Lipinski definition) is 2. The lowest BCUT2D eigenvalue weighted by molar-refractivity contribution is -0.119. The molecule has 1 aliphatic carbocycles. The molecule has 1 saturated heterocycles. The second kappa shape index (κ2) is 9.48. The Morgan fingerprint density at radius 3 is 2.41 bits per heavy atom. The van der Waals surface area contributed by atoms with E-state index in [-0.39, 0.29) is 18.0 Å². The summed E-state index contributed by atoms with van der Waals surface area (Å²) in [6.07, 6.45) is 4.24. The molecule has 5 rings (SSSR count). The van der Waals surface area contributed by atoms with Crippen molar-refractivity contribution < 1.29 is 18.8 Å². The van der Waals surface area contributed by atoms with Crippen LogP contribution >= 0.6 is 11.6 Å². The Kier molecular flexibility index (Phi) is 6.26. The minimum atomic E-state index is -0.658. The highest BCUT2D eigenvalue weighted by Crippen LogP contribution is 2.44. The van der Waals surface area contributed by atoms with Crippen LogP contribution in [0.5, 0.6) is 0 Å². The van der Waals surface area contributed by atoms with Crippen molar-refractivity contribution in [3.63, 3.8) is 0 Å². The van der Waals surface area contributed by atoms with E-state index >= 15 is 0 Å². The number of nitrogens with one attached hydrogen (secondary N) is 2. The van der Waals surface area contributed by atoms with Gasteiger partial charge in [0, 0.05) is 47.6 Å². The van der Waals surface area contributed by atoms with Crippen molar-refractivity contribution in [2.24, 2.45) is 0 Å². The van der Waals surface area contributed by atoms with Gasteiger partial charge < -0.3 is 24.8 Å². The van der Waals surface area contributed by atoms with E-state index in [1.807, 2.05) is 24.3 Å². The first-order valence-electron chi connectivity index (χ1n) is 11.2. The Balaban J connectivity index is 1.26. The number of nitrogens with zero attached hydrogens (tertiary/aromatic N) is 2. The number of carbonyl (C=O) groups excluding carboxylic acids is 2. The third-order valence-electron chi connectivity index (χ3n) is 6.30. The largest absolute Gasteiger partial charge is 0.380 e. The quantitative estimate of drug-likeness (QED) is 0.509. The number of likely N-dealkylation sites (tertiary alicyclic amines) is 1. The van der Waals surface area contributed by atoms with Crippen molar-refractivity contribution in [3.8, 4) is 11.3 Å². The average Bonchev–Trinajstić information content (AvgIpc) is 3.40. The number of amides is 3. The zero-order valence-corrected chi connectivity index (χ0v) is 19.4. The molecule has 2 N–H and O–H groups in total. The van der Waals surface area contributed by atoms with Crippen LogP contribution in [0.3, 0.4) is 0 Å². The highest BCUT2D eigenvalue weighted by atomic mass is 35.5. The summed E-state index contributed by atoms with van der Waals surface area (Å²) < 4.78 is 10.6. The molecule has 176 valence electrons. The van der Waals surface area contributed by atoms with Crippen LogP contribution in [0, 0.1) is 0 Å². The third kappa shape index (κ3) is 4.78. The minimum absolute atomic E-state index is 0.220. The molecule has 2 aromatic carbocycles. The predicted octanol–water partition coefficient (Wildman–Crippen LogP) is 5.13. The van der Waals surface area contributed by atoms with E-state index in [4.69, 9.17) is 20.9 Å². The lowest BCUT2D eigenvalue weighted by Gasteiger charge is -2.24. The van der Waals surface area contributed by atoms with Gasteiger partial charge in [-0.2, -0.15) is 0 Å². The summed E-state index contributed by atoms with van der Waals surface area (Å²) in [6.45, 7) is 0.322. The number of benzene rings is 2. The summed E-state index contributed by atoms with van der Waals surface area (Å²) in [7, 11) is 1.58. The zero-order valence-electron chi connectivity index (χ0n) is 18.7. The van der Waals surface area contributed by atoms with Gasteiger partial charge in [0.1, 0.15) is 18.0 Å². The Hall–Kier alpha value is -3.36. The van der Waals surface area contributed by atoms with Gasteiger partial charge in [-0.15, -0.1) is 0 Å². The number of aromatic nitrogens is 1. The summed E-state index contributed by atoms with van der Waals surface area (Å²) >= 11 is 5.92. The maximum absolute atomic E-state index is 13.1. The van der Waals surface area contributed by atoms with Crippen molar-refractivity contribution in [1.29, 1.82) is 0 Å². The standard InChI is InChI=1S/C25H25ClN4O4/c1-33-20-12-22(30(13-20)25(32)28-19-10-6-17(26)7-11-19)24(31)27-18-8-4-16(5-9-18)23-21(14-34-29-23)15-2-3-15/h4-11,14-15,20,22H,2-3,12-13H2,1H3,(H,27,31)(H,28,32)/t20-,22-/m1/s1. The Morgan fingerprint density at radius 1 is 1.06 bits per heavy atom. The summed E-state index contributed by atoms with van der Waals surface area (Å²) in [5.74, 6) is 0.264. The molecule has 0 radical (unpaired) electrons. The normalized spacial score (nSPS) is 19.8. The number of halogens is 1. The van der Waals surface area contributed by atoms with Gasteiger partial charge in [-0.3, -0.25) is 4.79 Å². The van der Waals surface area contributed by atoms with Gasteiger partial charge in [0.05, 0.1) is 6.10 Å². The van der Waals surface area contributed by atoms with E-state index in [1.54, 1.807) is 37.6 Å². The van der Waals surface area contributed by atoms with E-state index in [0.29, 0.717) is 35.3 Å². The van der Waals surface area contributed by atoms with Crippen LogP contribution in [0.2, 0.25) is 5.02 Å². The number of ether oxygens (including phenoxy) is 1. The van der Waals surface area contributed by atoms with Crippen LogP contribution in [0.4, 0.5) is 16.2 Å². The maximum Gasteiger partial charge on any atom is 0.322 e. The summed E-state index contributed by atoms with van der Waals surface area (Å²) in [5.41, 5.74) is 4.17. The molecule has 2 fully saturated rings. The predicted molar refractivity (Wildman–Crippen MR) is 129 cm³/mol. The van der Waals surface area contributed by atoms with Gasteiger partial charge in [0.2, 0.25) is 5.91 Å². The fraction of sp³-hybridized carbons (Fsp3) is 0.320. The van der Waals surface area contributed by atoms with Gasteiger partial charge in [-0.1, -0.05) is 28.9 Å². The molecule has 0 spiro atoms. The first-order chi connectivity index (χ1) is 16.5. The number of rotatable bonds is 6. The first kappa shape index (κ1) is 22.4. The summed E-state index contributed by atoms with van der Waals surface area (Å²) in [6, 6.07) is 13.3. The molecule has 2 atom stereocenters. The summed E-state index contributed by atoms with van der Waals surface area (Å²) in [4.78, 5) is 27.6. The lowest BCUT2D eigenvalue weighted by Crippen LogP contribution is -2.45. The minimum Gasteiger partial charge on any atom is -0.380 e. The molecule has 1 aliphatic heterocycles. The molecule has 9 heteroatoms. The molecule has 2 aliphatic rings. The highest BCUT2D eigenvalue weighted by Gasteiger charge is 2.40. The number of methoxy groups -OCH3 is 1. The Morgan fingerprint density at radius 2 is 1.74 bits per heavy atom. The van der Waals surface area contributed by atoms with Gasteiger partial charge in [0.25, 0.3) is 0 Å². The van der Waals surface area contributed by atoms with Crippen LogP contribution in [-0.4, -0.2) is 47.8 Å². The molecule has 2 heterocycles. The second-order valence-electron chi connectivity index (χ2n) is 8.66. The van der Waals surface area contributed by atoms with E-state index in [9.17, 15) is 9.59 Å². The Bertz CT molecular complexity index is 1170. The van der Waals surface area contributed by atoms with Crippen LogP contribution in [0.1, 0.15) is 30.7 Å². The maximum atomic E-state index is 13.1. The van der Waals surface area contributed by atoms with Crippen molar-refractivity contribution in [2.75, 3.05) is 24.3 Å². The fourth-order valence-corrected chi connectivity index (χ4v) is 4.38. The Labute approximate surface area is 202 Å². The topological polar surface area (TPSA) is 96.7 Å². The summed E-state index contributed by atoms with van der Waals surface area (Å²) in [5, 5.41) is 10.5. The molecular weight excluding hydrogens is 456 g/mol. The van der Waals surface area contributed by atoms with Crippen molar-refractivity contribution in [2.45, 2.75) is 37.3 Å². The van der Waals surface area contributed by atoms with E-state index in [0.717, 1.165) is 29.7 Å². The van der Waals surface area contributed by atoms with Crippen LogP contribution in [0.25, 0.3) is 11.3 Å². The number of anilines is 2. The molecule has 1 saturated carbocycles. The molecule has 1 aromatic heterocycles. The van der Waals surface area contributed by atoms with Crippen molar-refractivity contribution in [3.05, 3.63) is 65.4 Å². The smallest absolute Gasteiger partial charge is 0.322 e. The molecule has 3 aromatic rings. The number of carbonyl (C=O) groups is 2. The highest BCUT2D eigenvalue weighted by molar-refractivity contribution is 6.30.